The van der Waals surface area contributed by atoms with Crippen molar-refractivity contribution in [1.29, 1.82) is 0 Å². The monoisotopic (exact) mass is 474 g/mol. The number of ether oxygens (including phenoxy) is 1. The zero-order valence-electron chi connectivity index (χ0n) is 19.9. The molecule has 0 aliphatic heterocycles. The topological polar surface area (TPSA) is 80.3 Å². The summed E-state index contributed by atoms with van der Waals surface area (Å²) < 4.78 is 19.4. The highest BCUT2D eigenvalue weighted by Gasteiger charge is 2.29. The average molecular weight is 475 g/mol. The molecular formula is C25H35N2O5P. The van der Waals surface area contributed by atoms with Crippen molar-refractivity contribution in [3.8, 4) is 11.1 Å². The predicted octanol–water partition coefficient (Wildman–Crippen LogP) is 4.90. The summed E-state index contributed by atoms with van der Waals surface area (Å²) in [4.78, 5) is 12.3. The first kappa shape index (κ1) is 25.6. The third kappa shape index (κ3) is 6.52. The van der Waals surface area contributed by atoms with E-state index < -0.39 is 14.6 Å². The molecule has 7 nitrogen and oxygen atoms in total. The Bertz CT molecular complexity index is 854. The molecule has 0 saturated heterocycles. The fraction of sp³-hybridized carbons (Fsp3) is 0.480. The van der Waals surface area contributed by atoms with Crippen molar-refractivity contribution in [1.82, 2.24) is 9.99 Å². The van der Waals surface area contributed by atoms with E-state index in [-0.39, 0.29) is 44.4 Å². The van der Waals surface area contributed by atoms with Gasteiger partial charge in [0.25, 0.3) is 8.53 Å². The molecule has 1 aliphatic rings. The normalized spacial score (nSPS) is 13.9. The summed E-state index contributed by atoms with van der Waals surface area (Å²) in [7, 11) is -1.33. The molecule has 2 aromatic carbocycles. The van der Waals surface area contributed by atoms with Gasteiger partial charge in [0.2, 0.25) is 0 Å². The second kappa shape index (κ2) is 12.4. The van der Waals surface area contributed by atoms with Gasteiger partial charge in [-0.2, -0.15) is 0 Å². The number of nitrogens with zero attached hydrogens (tertiary/aromatic N) is 1. The fourth-order valence-corrected chi connectivity index (χ4v) is 5.77. The van der Waals surface area contributed by atoms with Crippen LogP contribution < -0.4 is 5.32 Å². The number of benzene rings is 2. The maximum absolute atomic E-state index is 12.3. The van der Waals surface area contributed by atoms with Gasteiger partial charge >= 0.3 is 6.09 Å². The van der Waals surface area contributed by atoms with Crippen molar-refractivity contribution in [2.75, 3.05) is 33.0 Å². The lowest BCUT2D eigenvalue weighted by Gasteiger charge is -2.35. The SMILES string of the molecule is CC(C)N(C(C)C)P(OCCO)OCCNC(=O)OCC1c2ccccc2-c2ccccc21. The van der Waals surface area contributed by atoms with E-state index in [1.807, 2.05) is 24.3 Å². The van der Waals surface area contributed by atoms with Gasteiger partial charge < -0.3 is 24.2 Å². The Morgan fingerprint density at radius 2 is 1.52 bits per heavy atom. The number of aliphatic hydroxyl groups is 1. The Balaban J connectivity index is 1.49. The van der Waals surface area contributed by atoms with E-state index in [0.717, 1.165) is 0 Å². The highest BCUT2D eigenvalue weighted by Crippen LogP contribution is 2.46. The van der Waals surface area contributed by atoms with Crippen molar-refractivity contribution >= 4 is 14.6 Å². The summed E-state index contributed by atoms with van der Waals surface area (Å²) in [5, 5.41) is 11.9. The van der Waals surface area contributed by atoms with E-state index in [0.29, 0.717) is 6.54 Å². The summed E-state index contributed by atoms with van der Waals surface area (Å²) >= 11 is 0. The van der Waals surface area contributed by atoms with Crippen LogP contribution in [0.25, 0.3) is 11.1 Å². The molecule has 3 rings (SSSR count). The molecule has 0 radical (unpaired) electrons. The quantitative estimate of drug-likeness (QED) is 0.337. The summed E-state index contributed by atoms with van der Waals surface area (Å²) in [5.41, 5.74) is 4.77. The zero-order chi connectivity index (χ0) is 23.8. The lowest BCUT2D eigenvalue weighted by molar-refractivity contribution is 0.133. The minimum absolute atomic E-state index is 0.0322. The second-order valence-electron chi connectivity index (χ2n) is 8.45. The van der Waals surface area contributed by atoms with Crippen molar-refractivity contribution in [3.05, 3.63) is 59.7 Å². The van der Waals surface area contributed by atoms with Gasteiger partial charge in [0.1, 0.15) is 6.61 Å². The van der Waals surface area contributed by atoms with Crippen LogP contribution in [0, 0.1) is 0 Å². The lowest BCUT2D eigenvalue weighted by Crippen LogP contribution is -2.35. The van der Waals surface area contributed by atoms with E-state index in [4.69, 9.17) is 18.9 Å². The molecule has 33 heavy (non-hydrogen) atoms. The first-order valence-corrected chi connectivity index (χ1v) is 12.6. The molecule has 0 heterocycles. The number of carbonyl (C=O) groups is 1. The number of nitrogens with one attached hydrogen (secondary N) is 1. The number of alkyl carbamates (subject to hydrolysis) is 1. The molecule has 0 bridgehead atoms. The maximum atomic E-state index is 12.3. The van der Waals surface area contributed by atoms with E-state index in [1.54, 1.807) is 0 Å². The summed E-state index contributed by atoms with van der Waals surface area (Å²) in [6.07, 6.45) is -0.467. The van der Waals surface area contributed by atoms with Crippen LogP contribution in [0.15, 0.2) is 48.5 Å². The van der Waals surface area contributed by atoms with Gasteiger partial charge in [0.05, 0.1) is 19.8 Å². The van der Waals surface area contributed by atoms with Crippen molar-refractivity contribution in [2.24, 2.45) is 0 Å². The van der Waals surface area contributed by atoms with Gasteiger partial charge in [-0.05, 0) is 49.9 Å². The highest BCUT2D eigenvalue weighted by atomic mass is 31.2. The molecular weight excluding hydrogens is 439 g/mol. The smallest absolute Gasteiger partial charge is 0.407 e. The lowest BCUT2D eigenvalue weighted by atomic mass is 9.98. The largest absolute Gasteiger partial charge is 0.449 e. The van der Waals surface area contributed by atoms with Crippen LogP contribution >= 0.6 is 8.53 Å². The third-order valence-corrected chi connectivity index (χ3v) is 7.56. The molecule has 180 valence electrons. The molecule has 1 amide bonds. The number of hydrogen-bond acceptors (Lipinski definition) is 6. The minimum Gasteiger partial charge on any atom is -0.449 e. The zero-order valence-corrected chi connectivity index (χ0v) is 20.8. The van der Waals surface area contributed by atoms with Crippen molar-refractivity contribution in [2.45, 2.75) is 45.7 Å². The molecule has 1 atom stereocenters. The van der Waals surface area contributed by atoms with Crippen molar-refractivity contribution in [3.63, 3.8) is 0 Å². The highest BCUT2D eigenvalue weighted by molar-refractivity contribution is 7.44. The predicted molar refractivity (Wildman–Crippen MR) is 131 cm³/mol. The molecule has 0 spiro atoms. The van der Waals surface area contributed by atoms with Gasteiger partial charge in [-0.3, -0.25) is 0 Å². The first-order valence-electron chi connectivity index (χ1n) is 11.5. The van der Waals surface area contributed by atoms with Gasteiger partial charge in [-0.1, -0.05) is 48.5 Å². The van der Waals surface area contributed by atoms with Gasteiger partial charge in [0, 0.05) is 24.5 Å². The number of fused-ring (bicyclic) bond motifs is 3. The number of hydrogen-bond donors (Lipinski definition) is 2. The van der Waals surface area contributed by atoms with E-state index in [1.165, 1.54) is 22.3 Å². The Morgan fingerprint density at radius 3 is 2.06 bits per heavy atom. The van der Waals surface area contributed by atoms with Crippen LogP contribution in [-0.4, -0.2) is 60.9 Å². The minimum atomic E-state index is -1.33. The van der Waals surface area contributed by atoms with Crippen LogP contribution in [0.5, 0.6) is 0 Å². The fourth-order valence-electron chi connectivity index (χ4n) is 4.19. The standard InChI is InChI=1S/C25H35N2O5P/c1-18(2)27(19(3)4)33(32-16-14-28)31-15-13-26-25(29)30-17-24-22-11-7-5-9-20(22)21-10-6-8-12-23(21)24/h5-12,18-19,24,28H,13-17H2,1-4H3,(H,26,29). The Hall–Kier alpha value is -2.02. The third-order valence-electron chi connectivity index (χ3n) is 5.46. The Kier molecular flexibility index (Phi) is 9.65. The van der Waals surface area contributed by atoms with Crippen LogP contribution in [0.1, 0.15) is 44.7 Å². The molecule has 0 saturated carbocycles. The average Bonchev–Trinajstić information content (AvgIpc) is 3.12. The molecule has 0 aromatic heterocycles. The number of aliphatic hydroxyl groups excluding tert-OH is 1. The van der Waals surface area contributed by atoms with Gasteiger partial charge in [0.15, 0.2) is 0 Å². The van der Waals surface area contributed by atoms with Crippen LogP contribution in [0.2, 0.25) is 0 Å². The second-order valence-corrected chi connectivity index (χ2v) is 9.90. The van der Waals surface area contributed by atoms with E-state index >= 15 is 0 Å². The molecule has 2 aromatic rings. The Morgan fingerprint density at radius 1 is 0.970 bits per heavy atom. The van der Waals surface area contributed by atoms with Crippen LogP contribution in [-0.2, 0) is 13.8 Å². The summed E-state index contributed by atoms with van der Waals surface area (Å²) in [6, 6.07) is 17.0. The molecule has 8 heteroatoms. The van der Waals surface area contributed by atoms with Crippen LogP contribution in [0.3, 0.4) is 0 Å². The maximum Gasteiger partial charge on any atom is 0.407 e. The molecule has 0 fully saturated rings. The molecule has 1 unspecified atom stereocenters. The summed E-state index contributed by atoms with van der Waals surface area (Å²) in [5.74, 6) is 0.0322. The molecule has 1 aliphatic carbocycles. The first-order chi connectivity index (χ1) is 15.9. The number of rotatable bonds is 12. The number of amides is 1. The van der Waals surface area contributed by atoms with Gasteiger partial charge in [-0.15, -0.1) is 0 Å². The molecule has 2 N–H and O–H groups in total. The van der Waals surface area contributed by atoms with Gasteiger partial charge in [-0.25, -0.2) is 9.46 Å². The Labute approximate surface area is 198 Å². The number of carbonyl (C=O) groups excluding carboxylic acids is 1. The summed E-state index contributed by atoms with van der Waals surface area (Å²) in [6.45, 7) is 9.34. The van der Waals surface area contributed by atoms with E-state index in [9.17, 15) is 4.79 Å². The van der Waals surface area contributed by atoms with Crippen LogP contribution in [0.4, 0.5) is 4.79 Å². The van der Waals surface area contributed by atoms with E-state index in [2.05, 4.69) is 61.9 Å². The van der Waals surface area contributed by atoms with Crippen molar-refractivity contribution < 1.29 is 23.7 Å².